The van der Waals surface area contributed by atoms with Gasteiger partial charge < -0.3 is 5.11 Å². The molecule has 4 rings (SSSR count). The van der Waals surface area contributed by atoms with Crippen LogP contribution in [0.15, 0.2) is 65.7 Å². The minimum Gasteiger partial charge on any atom is -0.508 e. The fourth-order valence-corrected chi connectivity index (χ4v) is 3.28. The molecule has 6 heteroatoms. The number of halogens is 1. The Hall–Kier alpha value is -3.44. The van der Waals surface area contributed by atoms with Crippen LogP contribution in [-0.2, 0) is 0 Å². The van der Waals surface area contributed by atoms with Crippen LogP contribution < -0.4 is 4.90 Å². The highest BCUT2D eigenvalue weighted by atomic mass is 35.5. The van der Waals surface area contributed by atoms with Crippen molar-refractivity contribution in [3.8, 4) is 5.75 Å². The van der Waals surface area contributed by atoms with Crippen LogP contribution >= 0.6 is 11.6 Å². The molecule has 2 amide bonds. The molecule has 0 bridgehead atoms. The number of anilines is 1. The Bertz CT molecular complexity index is 1140. The van der Waals surface area contributed by atoms with E-state index in [0.29, 0.717) is 27.5 Å². The van der Waals surface area contributed by atoms with Gasteiger partial charge in [0.05, 0.1) is 22.5 Å². The van der Waals surface area contributed by atoms with E-state index in [2.05, 4.69) is 4.99 Å². The number of phenolic OH excluding ortho intramolecular Hbond substituents is 1. The average molecular weight is 391 g/mol. The summed E-state index contributed by atoms with van der Waals surface area (Å²) in [5, 5.41) is 9.74. The zero-order chi connectivity index (χ0) is 19.8. The van der Waals surface area contributed by atoms with Gasteiger partial charge in [0.15, 0.2) is 0 Å². The van der Waals surface area contributed by atoms with Gasteiger partial charge in [0.25, 0.3) is 11.8 Å². The van der Waals surface area contributed by atoms with Gasteiger partial charge in [-0.25, -0.2) is 4.90 Å². The van der Waals surface area contributed by atoms with Crippen molar-refractivity contribution >= 4 is 41.0 Å². The number of nitrogens with zero attached hydrogens (tertiary/aromatic N) is 2. The molecule has 138 valence electrons. The third-order valence-electron chi connectivity index (χ3n) is 4.53. The summed E-state index contributed by atoms with van der Waals surface area (Å²) in [5.74, 6) is -0.550. The summed E-state index contributed by atoms with van der Waals surface area (Å²) in [7, 11) is 0. The SMILES string of the molecule is Cc1cc(N=Cc2ccc(O)cc2)ccc1N1C(=O)c2ccc(Cl)cc2C1=O. The number of hydrogen-bond acceptors (Lipinski definition) is 4. The van der Waals surface area contributed by atoms with Crippen molar-refractivity contribution in [1.82, 2.24) is 0 Å². The molecule has 1 heterocycles. The third kappa shape index (κ3) is 3.17. The summed E-state index contributed by atoms with van der Waals surface area (Å²) in [6.07, 6.45) is 1.68. The number of fused-ring (bicyclic) bond motifs is 1. The number of carbonyl (C=O) groups is 2. The predicted octanol–water partition coefficient (Wildman–Crippen LogP) is 4.91. The van der Waals surface area contributed by atoms with Crippen molar-refractivity contribution in [1.29, 1.82) is 0 Å². The molecular formula is C22H15ClN2O3. The van der Waals surface area contributed by atoms with E-state index in [1.807, 2.05) is 13.0 Å². The molecule has 0 spiro atoms. The maximum atomic E-state index is 12.7. The van der Waals surface area contributed by atoms with Crippen LogP contribution in [0.5, 0.6) is 5.75 Å². The van der Waals surface area contributed by atoms with Gasteiger partial charge in [0.1, 0.15) is 5.75 Å². The van der Waals surface area contributed by atoms with Gasteiger partial charge in [-0.15, -0.1) is 0 Å². The van der Waals surface area contributed by atoms with E-state index in [0.717, 1.165) is 11.1 Å². The molecule has 0 saturated heterocycles. The summed E-state index contributed by atoms with van der Waals surface area (Å²) in [6, 6.07) is 16.6. The van der Waals surface area contributed by atoms with E-state index >= 15 is 0 Å². The van der Waals surface area contributed by atoms with Gasteiger partial charge in [-0.2, -0.15) is 0 Å². The molecule has 0 radical (unpaired) electrons. The van der Waals surface area contributed by atoms with E-state index in [4.69, 9.17) is 11.6 Å². The van der Waals surface area contributed by atoms with Gasteiger partial charge in [-0.05, 0) is 78.7 Å². The van der Waals surface area contributed by atoms with Crippen molar-refractivity contribution in [3.63, 3.8) is 0 Å². The molecule has 0 aromatic heterocycles. The molecule has 3 aromatic carbocycles. The normalized spacial score (nSPS) is 13.4. The number of aliphatic imine (C=N–C) groups is 1. The van der Waals surface area contributed by atoms with Crippen LogP contribution in [0.2, 0.25) is 5.02 Å². The lowest BCUT2D eigenvalue weighted by atomic mass is 10.1. The lowest BCUT2D eigenvalue weighted by Gasteiger charge is -2.16. The first-order valence-electron chi connectivity index (χ1n) is 8.56. The maximum Gasteiger partial charge on any atom is 0.266 e. The fraction of sp³-hybridized carbons (Fsp3) is 0.0455. The van der Waals surface area contributed by atoms with E-state index in [-0.39, 0.29) is 17.6 Å². The van der Waals surface area contributed by atoms with Crippen molar-refractivity contribution in [2.45, 2.75) is 6.92 Å². The molecule has 3 aromatic rings. The average Bonchev–Trinajstić information content (AvgIpc) is 2.92. The fourth-order valence-electron chi connectivity index (χ4n) is 3.11. The molecule has 0 atom stereocenters. The second kappa shape index (κ2) is 6.94. The number of aryl methyl sites for hydroxylation is 1. The largest absolute Gasteiger partial charge is 0.508 e. The standard InChI is InChI=1S/C22H15ClN2O3/c1-13-10-16(24-12-14-2-6-17(26)7-3-14)5-9-20(13)25-21(27)18-8-4-15(23)11-19(18)22(25)28/h2-12,26H,1H3. The number of rotatable bonds is 3. The second-order valence-corrected chi connectivity index (χ2v) is 6.89. The number of phenols is 1. The Kier molecular flexibility index (Phi) is 4.45. The highest BCUT2D eigenvalue weighted by molar-refractivity contribution is 6.36. The van der Waals surface area contributed by atoms with Crippen molar-refractivity contribution in [3.05, 3.63) is 87.9 Å². The Morgan fingerprint density at radius 3 is 2.36 bits per heavy atom. The van der Waals surface area contributed by atoms with Crippen LogP contribution in [0.25, 0.3) is 0 Å². The Morgan fingerprint density at radius 1 is 0.929 bits per heavy atom. The van der Waals surface area contributed by atoms with Crippen LogP contribution in [0.3, 0.4) is 0 Å². The van der Waals surface area contributed by atoms with E-state index in [1.54, 1.807) is 54.7 Å². The number of imide groups is 1. The molecule has 0 unspecified atom stereocenters. The van der Waals surface area contributed by atoms with Gasteiger partial charge in [0.2, 0.25) is 0 Å². The van der Waals surface area contributed by atoms with Gasteiger partial charge in [0, 0.05) is 11.2 Å². The van der Waals surface area contributed by atoms with Gasteiger partial charge in [-0.1, -0.05) is 11.6 Å². The van der Waals surface area contributed by atoms with Crippen molar-refractivity contribution in [2.75, 3.05) is 4.90 Å². The highest BCUT2D eigenvalue weighted by Gasteiger charge is 2.37. The first-order chi connectivity index (χ1) is 13.4. The lowest BCUT2D eigenvalue weighted by Crippen LogP contribution is -2.29. The van der Waals surface area contributed by atoms with Crippen LogP contribution in [-0.4, -0.2) is 23.1 Å². The number of amides is 2. The van der Waals surface area contributed by atoms with Gasteiger partial charge in [-0.3, -0.25) is 14.6 Å². The van der Waals surface area contributed by atoms with E-state index in [1.165, 1.54) is 11.0 Å². The molecule has 0 aliphatic carbocycles. The molecule has 0 fully saturated rings. The number of carbonyl (C=O) groups excluding carboxylic acids is 2. The van der Waals surface area contributed by atoms with E-state index in [9.17, 15) is 14.7 Å². The first kappa shape index (κ1) is 17.9. The third-order valence-corrected chi connectivity index (χ3v) is 4.76. The predicted molar refractivity (Wildman–Crippen MR) is 109 cm³/mol. The first-order valence-corrected chi connectivity index (χ1v) is 8.94. The molecule has 5 nitrogen and oxygen atoms in total. The zero-order valence-electron chi connectivity index (χ0n) is 14.9. The van der Waals surface area contributed by atoms with E-state index < -0.39 is 0 Å². The summed E-state index contributed by atoms with van der Waals surface area (Å²) in [5.41, 5.74) is 3.46. The summed E-state index contributed by atoms with van der Waals surface area (Å²) >= 11 is 5.96. The zero-order valence-corrected chi connectivity index (χ0v) is 15.6. The summed E-state index contributed by atoms with van der Waals surface area (Å²) < 4.78 is 0. The number of hydrogen-bond donors (Lipinski definition) is 1. The summed E-state index contributed by atoms with van der Waals surface area (Å²) in [6.45, 7) is 1.82. The number of aromatic hydroxyl groups is 1. The Morgan fingerprint density at radius 2 is 1.64 bits per heavy atom. The quantitative estimate of drug-likeness (QED) is 0.510. The second-order valence-electron chi connectivity index (χ2n) is 6.46. The summed E-state index contributed by atoms with van der Waals surface area (Å²) in [4.78, 5) is 31.0. The molecule has 1 aliphatic heterocycles. The Labute approximate surface area is 166 Å². The van der Waals surface area contributed by atoms with Gasteiger partial charge >= 0.3 is 0 Å². The molecule has 28 heavy (non-hydrogen) atoms. The number of benzene rings is 3. The molecule has 1 aliphatic rings. The van der Waals surface area contributed by atoms with Crippen LogP contribution in [0.1, 0.15) is 31.8 Å². The topological polar surface area (TPSA) is 70.0 Å². The minimum atomic E-state index is -0.383. The monoisotopic (exact) mass is 390 g/mol. The smallest absolute Gasteiger partial charge is 0.266 e. The molecule has 0 saturated carbocycles. The van der Waals surface area contributed by atoms with Crippen LogP contribution in [0.4, 0.5) is 11.4 Å². The highest BCUT2D eigenvalue weighted by Crippen LogP contribution is 2.33. The maximum absolute atomic E-state index is 12.7. The molecule has 1 N–H and O–H groups in total. The molecular weight excluding hydrogens is 376 g/mol. The van der Waals surface area contributed by atoms with Crippen molar-refractivity contribution in [2.24, 2.45) is 4.99 Å². The Balaban J connectivity index is 1.63. The van der Waals surface area contributed by atoms with Crippen LogP contribution in [0, 0.1) is 6.92 Å². The lowest BCUT2D eigenvalue weighted by molar-refractivity contribution is 0.0926. The minimum absolute atomic E-state index is 0.194. The van der Waals surface area contributed by atoms with Crippen molar-refractivity contribution < 1.29 is 14.7 Å².